The van der Waals surface area contributed by atoms with E-state index in [1.807, 2.05) is 13.8 Å². The molecule has 0 amide bonds. The van der Waals surface area contributed by atoms with Crippen molar-refractivity contribution < 1.29 is 26.8 Å². The topological polar surface area (TPSA) is 98.8 Å². The zero-order valence-electron chi connectivity index (χ0n) is 19.5. The normalized spacial score (nSPS) is 18.3. The Bertz CT molecular complexity index is 1230. The van der Waals surface area contributed by atoms with Gasteiger partial charge in [0.2, 0.25) is 15.8 Å². The van der Waals surface area contributed by atoms with Gasteiger partial charge in [-0.2, -0.15) is 4.72 Å². The lowest BCUT2D eigenvalue weighted by Gasteiger charge is -2.40. The summed E-state index contributed by atoms with van der Waals surface area (Å²) in [4.78, 5) is 12.7. The van der Waals surface area contributed by atoms with Crippen LogP contribution in [-0.2, 0) is 28.9 Å². The zero-order valence-corrected chi connectivity index (χ0v) is 22.7. The number of nitrogens with one attached hydrogen (secondary N) is 1. The van der Waals surface area contributed by atoms with Crippen LogP contribution in [0.25, 0.3) is 0 Å². The Hall–Kier alpha value is -1.51. The fourth-order valence-electron chi connectivity index (χ4n) is 3.61. The summed E-state index contributed by atoms with van der Waals surface area (Å²) in [6, 6.07) is 11.8. The number of benzene rings is 2. The number of sulfonamides is 1. The molecule has 0 saturated carbocycles. The molecule has 0 aliphatic heterocycles. The van der Waals surface area contributed by atoms with Gasteiger partial charge in [0.15, 0.2) is 5.28 Å². The van der Waals surface area contributed by atoms with Crippen molar-refractivity contribution in [3.8, 4) is 0 Å². The van der Waals surface area contributed by atoms with Crippen molar-refractivity contribution in [3.63, 3.8) is 0 Å². The quantitative estimate of drug-likeness (QED) is 0.232. The molecule has 0 spiro atoms. The third-order valence-electron chi connectivity index (χ3n) is 5.50. The van der Waals surface area contributed by atoms with Crippen LogP contribution in [0.5, 0.6) is 0 Å². The Labute approximate surface area is 216 Å². The number of hydrogen-bond acceptors (Lipinski definition) is 6. The summed E-state index contributed by atoms with van der Waals surface area (Å²) >= 11 is 12.3. The number of ketones is 1. The molecule has 190 valence electrons. The molecule has 1 N–H and O–H groups in total. The number of carbonyl (C=O) groups excluding carboxylic acids is 1. The maximum Gasteiger partial charge on any atom is 0.360 e. The highest BCUT2D eigenvalue weighted by atomic mass is 35.5. The van der Waals surface area contributed by atoms with Gasteiger partial charge in [-0.05, 0) is 43.2 Å². The summed E-state index contributed by atoms with van der Waals surface area (Å²) in [5.41, 5.74) is 0.250. The first-order valence-electron chi connectivity index (χ1n) is 11.3. The molecule has 2 aromatic carbocycles. The summed E-state index contributed by atoms with van der Waals surface area (Å²) in [6.07, 6.45) is 3.79. The predicted molar refractivity (Wildman–Crippen MR) is 137 cm³/mol. The molecular formula is C24H28Cl2NO6PS. The van der Waals surface area contributed by atoms with Gasteiger partial charge in [-0.1, -0.05) is 74.2 Å². The summed E-state index contributed by atoms with van der Waals surface area (Å²) in [6.45, 7) is 4.00. The Kier molecular flexibility index (Phi) is 9.38. The van der Waals surface area contributed by atoms with Crippen molar-refractivity contribution in [2.75, 3.05) is 13.2 Å². The van der Waals surface area contributed by atoms with Crippen LogP contribution in [0.15, 0.2) is 64.5 Å². The average molecular weight is 560 g/mol. The maximum atomic E-state index is 14.6. The fourth-order valence-corrected chi connectivity index (χ4v) is 8.08. The number of unbranched alkanes of at least 4 members (excludes halogenated alkanes) is 2. The molecule has 1 aliphatic rings. The van der Waals surface area contributed by atoms with Crippen LogP contribution in [0.1, 0.15) is 55.5 Å². The predicted octanol–water partition coefficient (Wildman–Crippen LogP) is 6.62. The molecule has 0 aromatic heterocycles. The fraction of sp³-hybridized carbons (Fsp3) is 0.375. The van der Waals surface area contributed by atoms with Crippen molar-refractivity contribution >= 4 is 46.6 Å². The molecule has 35 heavy (non-hydrogen) atoms. The van der Waals surface area contributed by atoms with E-state index in [0.29, 0.717) is 17.9 Å². The van der Waals surface area contributed by atoms with Gasteiger partial charge in [-0.25, -0.2) is 8.42 Å². The monoisotopic (exact) mass is 559 g/mol. The van der Waals surface area contributed by atoms with Crippen LogP contribution in [0, 0.1) is 0 Å². The molecule has 0 unspecified atom stereocenters. The van der Waals surface area contributed by atoms with Gasteiger partial charge in [0.05, 0.1) is 23.1 Å². The average Bonchev–Trinajstić information content (AvgIpc) is 2.83. The van der Waals surface area contributed by atoms with E-state index in [1.54, 1.807) is 12.1 Å². The Balaban J connectivity index is 2.26. The van der Waals surface area contributed by atoms with Crippen LogP contribution >= 0.6 is 30.8 Å². The van der Waals surface area contributed by atoms with E-state index in [1.165, 1.54) is 36.4 Å². The highest BCUT2D eigenvalue weighted by Crippen LogP contribution is 2.66. The van der Waals surface area contributed by atoms with E-state index >= 15 is 0 Å². The summed E-state index contributed by atoms with van der Waals surface area (Å²) in [7, 11) is -8.66. The molecule has 3 rings (SSSR count). The Morgan fingerprint density at radius 2 is 1.51 bits per heavy atom. The molecule has 7 nitrogen and oxygen atoms in total. The molecule has 1 aliphatic carbocycles. The second kappa shape index (κ2) is 11.7. The molecular weight excluding hydrogens is 532 g/mol. The van der Waals surface area contributed by atoms with Gasteiger partial charge in [0.25, 0.3) is 0 Å². The minimum absolute atomic E-state index is 0.0614. The SMILES string of the molecule is CCCCOP(=O)(OCCCC)[C@]1(NS(=O)(=O)c2ccc(Cl)cc2)C=C(Cl)C(=O)c2ccccc21. The van der Waals surface area contributed by atoms with Crippen molar-refractivity contribution in [2.24, 2.45) is 0 Å². The number of carbonyl (C=O) groups is 1. The third kappa shape index (κ3) is 5.91. The van der Waals surface area contributed by atoms with E-state index in [4.69, 9.17) is 32.2 Å². The molecule has 11 heteroatoms. The lowest BCUT2D eigenvalue weighted by Crippen LogP contribution is -2.47. The van der Waals surface area contributed by atoms with Gasteiger partial charge in [0, 0.05) is 16.1 Å². The molecule has 0 bridgehead atoms. The van der Waals surface area contributed by atoms with Crippen LogP contribution in [-0.4, -0.2) is 27.4 Å². The van der Waals surface area contributed by atoms with E-state index in [9.17, 15) is 17.8 Å². The molecule has 0 heterocycles. The first kappa shape index (κ1) is 28.1. The van der Waals surface area contributed by atoms with Crippen LogP contribution in [0.3, 0.4) is 0 Å². The van der Waals surface area contributed by atoms with E-state index in [2.05, 4.69) is 4.72 Å². The number of allylic oxidation sites excluding steroid dienone is 1. The second-order valence-corrected chi connectivity index (χ2v) is 12.8. The largest absolute Gasteiger partial charge is 0.360 e. The molecule has 0 saturated heterocycles. The van der Waals surface area contributed by atoms with Gasteiger partial charge in [0.1, 0.15) is 0 Å². The standard InChI is InChI=1S/C24H28Cl2NO6PS/c1-3-5-15-32-34(29,33-16-6-4-2)24(27-35(30,31)19-13-11-18(25)12-14-19)17-22(26)23(28)20-9-7-8-10-21(20)24/h7-14,17,27H,3-6,15-16H2,1-2H3/t24-/m1/s1. The number of halogens is 2. The molecule has 1 atom stereocenters. The first-order valence-corrected chi connectivity index (χ1v) is 15.1. The minimum Gasteiger partial charge on any atom is -0.307 e. The Morgan fingerprint density at radius 3 is 2.09 bits per heavy atom. The lowest BCUT2D eigenvalue weighted by atomic mass is 9.92. The number of rotatable bonds is 12. The number of hydrogen-bond donors (Lipinski definition) is 1. The maximum absolute atomic E-state index is 14.6. The van der Waals surface area contributed by atoms with Crippen LogP contribution < -0.4 is 4.72 Å². The smallest absolute Gasteiger partial charge is 0.307 e. The number of fused-ring (bicyclic) bond motifs is 1. The molecule has 0 radical (unpaired) electrons. The Morgan fingerprint density at radius 1 is 0.943 bits per heavy atom. The van der Waals surface area contributed by atoms with Gasteiger partial charge in [-0.15, -0.1) is 0 Å². The second-order valence-electron chi connectivity index (χ2n) is 8.06. The van der Waals surface area contributed by atoms with Gasteiger partial charge < -0.3 is 9.05 Å². The van der Waals surface area contributed by atoms with E-state index in [0.717, 1.165) is 18.9 Å². The van der Waals surface area contributed by atoms with E-state index < -0.39 is 28.7 Å². The highest BCUT2D eigenvalue weighted by Gasteiger charge is 2.57. The van der Waals surface area contributed by atoms with E-state index in [-0.39, 0.29) is 34.3 Å². The summed E-state index contributed by atoms with van der Waals surface area (Å²) in [5, 5.41) is -2.01. The van der Waals surface area contributed by atoms with Crippen LogP contribution in [0.2, 0.25) is 5.02 Å². The third-order valence-corrected chi connectivity index (χ3v) is 10.1. The highest BCUT2D eigenvalue weighted by molar-refractivity contribution is 7.90. The summed E-state index contributed by atoms with van der Waals surface area (Å²) < 4.78 is 56.1. The van der Waals surface area contributed by atoms with Crippen LogP contribution in [0.4, 0.5) is 0 Å². The summed E-state index contributed by atoms with van der Waals surface area (Å²) in [5.74, 6) is -0.516. The first-order chi connectivity index (χ1) is 16.6. The number of Topliss-reactive ketones (excluding diaryl/α,β-unsaturated/α-hetero) is 1. The molecule has 0 fully saturated rings. The lowest BCUT2D eigenvalue weighted by molar-refractivity contribution is 0.103. The van der Waals surface area contributed by atoms with Gasteiger partial charge >= 0.3 is 7.60 Å². The van der Waals surface area contributed by atoms with Crippen molar-refractivity contribution in [2.45, 2.75) is 49.7 Å². The van der Waals surface area contributed by atoms with Crippen molar-refractivity contribution in [1.29, 1.82) is 0 Å². The zero-order chi connectivity index (χ0) is 25.7. The molecule has 2 aromatic rings. The van der Waals surface area contributed by atoms with Crippen molar-refractivity contribution in [3.05, 3.63) is 75.8 Å². The van der Waals surface area contributed by atoms with Crippen molar-refractivity contribution in [1.82, 2.24) is 4.72 Å². The minimum atomic E-state index is -4.34. The van der Waals surface area contributed by atoms with Gasteiger partial charge in [-0.3, -0.25) is 9.36 Å².